The molecule has 0 fully saturated rings. The van der Waals surface area contributed by atoms with Crippen molar-refractivity contribution in [1.82, 2.24) is 0 Å². The Bertz CT molecular complexity index is 649. The Morgan fingerprint density at radius 1 is 0.917 bits per heavy atom. The Morgan fingerprint density at radius 2 is 1.50 bits per heavy atom. The third-order valence-electron chi connectivity index (χ3n) is 4.57. The first-order valence-corrected chi connectivity index (χ1v) is 8.25. The van der Waals surface area contributed by atoms with Gasteiger partial charge in [-0.15, -0.1) is 0 Å². The number of hydrogen-bond acceptors (Lipinski definition) is 4. The van der Waals surface area contributed by atoms with Crippen molar-refractivity contribution in [2.75, 3.05) is 19.8 Å². The van der Waals surface area contributed by atoms with E-state index in [1.165, 1.54) is 0 Å². The quantitative estimate of drug-likeness (QED) is 0.618. The number of hydrogen-bond donors (Lipinski definition) is 3. The van der Waals surface area contributed by atoms with E-state index in [1.54, 1.807) is 0 Å². The van der Waals surface area contributed by atoms with Gasteiger partial charge in [0.25, 0.3) is 0 Å². The molecule has 0 saturated heterocycles. The van der Waals surface area contributed by atoms with Crippen LogP contribution in [0.2, 0.25) is 0 Å². The number of rotatable bonds is 9. The van der Waals surface area contributed by atoms with E-state index < -0.39 is 5.41 Å². The second kappa shape index (κ2) is 8.73. The summed E-state index contributed by atoms with van der Waals surface area (Å²) in [5.41, 5.74) is 7.85. The van der Waals surface area contributed by atoms with Crippen LogP contribution in [0.25, 0.3) is 11.1 Å². The maximum Gasteiger partial charge on any atom is 0.164 e. The Hall–Kier alpha value is -2.01. The SMILES string of the molecule is NCC(CCO)(CCO)CC(=O)c1ccccc1-c1ccccc1. The maximum atomic E-state index is 12.9. The van der Waals surface area contributed by atoms with Crippen molar-refractivity contribution in [1.29, 1.82) is 0 Å². The summed E-state index contributed by atoms with van der Waals surface area (Å²) < 4.78 is 0. The fraction of sp³-hybridized carbons (Fsp3) is 0.350. The minimum absolute atomic E-state index is 0.0122. The van der Waals surface area contributed by atoms with Crippen LogP contribution in [-0.2, 0) is 0 Å². The largest absolute Gasteiger partial charge is 0.396 e. The van der Waals surface area contributed by atoms with Crippen molar-refractivity contribution in [3.8, 4) is 11.1 Å². The first-order chi connectivity index (χ1) is 11.7. The van der Waals surface area contributed by atoms with E-state index in [4.69, 9.17) is 5.73 Å². The summed E-state index contributed by atoms with van der Waals surface area (Å²) >= 11 is 0. The Labute approximate surface area is 142 Å². The summed E-state index contributed by atoms with van der Waals surface area (Å²) in [6, 6.07) is 17.3. The zero-order chi connectivity index (χ0) is 17.4. The molecular formula is C20H25NO3. The van der Waals surface area contributed by atoms with Gasteiger partial charge in [0, 0.05) is 25.2 Å². The normalized spacial score (nSPS) is 11.5. The maximum absolute atomic E-state index is 12.9. The number of aliphatic hydroxyl groups excluding tert-OH is 2. The van der Waals surface area contributed by atoms with E-state index in [0.29, 0.717) is 18.4 Å². The van der Waals surface area contributed by atoms with E-state index in [-0.39, 0.29) is 32.0 Å². The molecule has 24 heavy (non-hydrogen) atoms. The molecule has 0 radical (unpaired) electrons. The molecule has 2 aromatic rings. The van der Waals surface area contributed by atoms with Crippen LogP contribution in [0.3, 0.4) is 0 Å². The average molecular weight is 327 g/mol. The van der Waals surface area contributed by atoms with Gasteiger partial charge < -0.3 is 15.9 Å². The molecule has 4 heteroatoms. The van der Waals surface area contributed by atoms with E-state index in [0.717, 1.165) is 11.1 Å². The standard InChI is InChI=1S/C20H25NO3/c21-15-20(10-12-22,11-13-23)14-19(24)18-9-5-4-8-17(18)16-6-2-1-3-7-16/h1-9,22-23H,10-15,21H2. The number of benzene rings is 2. The van der Waals surface area contributed by atoms with Gasteiger partial charge in [-0.1, -0.05) is 54.6 Å². The molecule has 0 heterocycles. The van der Waals surface area contributed by atoms with E-state index >= 15 is 0 Å². The summed E-state index contributed by atoms with van der Waals surface area (Å²) in [4.78, 5) is 12.9. The van der Waals surface area contributed by atoms with Gasteiger partial charge in [0.05, 0.1) is 0 Å². The van der Waals surface area contributed by atoms with Crippen molar-refractivity contribution in [3.05, 3.63) is 60.2 Å². The number of Topliss-reactive ketones (excluding diaryl/α,β-unsaturated/α-hetero) is 1. The number of carbonyl (C=O) groups excluding carboxylic acids is 1. The minimum Gasteiger partial charge on any atom is -0.396 e. The minimum atomic E-state index is -0.565. The molecule has 4 N–H and O–H groups in total. The first-order valence-electron chi connectivity index (χ1n) is 8.25. The van der Waals surface area contributed by atoms with Crippen LogP contribution in [0.1, 0.15) is 29.6 Å². The van der Waals surface area contributed by atoms with Crippen molar-refractivity contribution in [2.45, 2.75) is 19.3 Å². The number of aliphatic hydroxyl groups is 2. The molecule has 0 saturated carbocycles. The van der Waals surface area contributed by atoms with Gasteiger partial charge in [0.1, 0.15) is 0 Å². The van der Waals surface area contributed by atoms with Crippen LogP contribution >= 0.6 is 0 Å². The molecule has 0 aliphatic heterocycles. The van der Waals surface area contributed by atoms with Gasteiger partial charge in [-0.05, 0) is 35.9 Å². The summed E-state index contributed by atoms with van der Waals surface area (Å²) in [6.07, 6.45) is 1.03. The summed E-state index contributed by atoms with van der Waals surface area (Å²) in [5, 5.41) is 18.7. The van der Waals surface area contributed by atoms with Crippen LogP contribution in [-0.4, -0.2) is 35.8 Å². The number of carbonyl (C=O) groups is 1. The topological polar surface area (TPSA) is 83.6 Å². The molecule has 0 unspecified atom stereocenters. The van der Waals surface area contributed by atoms with E-state index in [9.17, 15) is 15.0 Å². The smallest absolute Gasteiger partial charge is 0.164 e. The Kier molecular flexibility index (Phi) is 6.67. The highest BCUT2D eigenvalue weighted by atomic mass is 16.3. The van der Waals surface area contributed by atoms with E-state index in [1.807, 2.05) is 54.6 Å². The molecule has 2 aromatic carbocycles. The van der Waals surface area contributed by atoms with Crippen molar-refractivity contribution >= 4 is 5.78 Å². The van der Waals surface area contributed by atoms with Gasteiger partial charge in [-0.2, -0.15) is 0 Å². The van der Waals surface area contributed by atoms with Gasteiger partial charge in [-0.25, -0.2) is 0 Å². The highest BCUT2D eigenvalue weighted by Gasteiger charge is 2.31. The van der Waals surface area contributed by atoms with Crippen molar-refractivity contribution < 1.29 is 15.0 Å². The fourth-order valence-electron chi connectivity index (χ4n) is 3.08. The van der Waals surface area contributed by atoms with Crippen LogP contribution in [0, 0.1) is 5.41 Å². The van der Waals surface area contributed by atoms with Gasteiger partial charge in [0.15, 0.2) is 5.78 Å². The molecule has 0 bridgehead atoms. The average Bonchev–Trinajstić information content (AvgIpc) is 2.62. The Balaban J connectivity index is 2.33. The molecule has 0 amide bonds. The van der Waals surface area contributed by atoms with Gasteiger partial charge >= 0.3 is 0 Å². The molecule has 0 spiro atoms. The molecule has 0 aromatic heterocycles. The molecule has 0 aliphatic rings. The third kappa shape index (κ3) is 4.29. The molecule has 0 aliphatic carbocycles. The van der Waals surface area contributed by atoms with Crippen LogP contribution in [0.15, 0.2) is 54.6 Å². The lowest BCUT2D eigenvalue weighted by atomic mass is 9.75. The summed E-state index contributed by atoms with van der Waals surface area (Å²) in [7, 11) is 0. The van der Waals surface area contributed by atoms with E-state index in [2.05, 4.69) is 0 Å². The molecular weight excluding hydrogens is 302 g/mol. The number of nitrogens with two attached hydrogens (primary N) is 1. The lowest BCUT2D eigenvalue weighted by Crippen LogP contribution is -2.35. The van der Waals surface area contributed by atoms with Crippen LogP contribution in [0.5, 0.6) is 0 Å². The highest BCUT2D eigenvalue weighted by Crippen LogP contribution is 2.33. The second-order valence-electron chi connectivity index (χ2n) is 6.16. The highest BCUT2D eigenvalue weighted by molar-refractivity contribution is 6.02. The second-order valence-corrected chi connectivity index (χ2v) is 6.16. The fourth-order valence-corrected chi connectivity index (χ4v) is 3.08. The number of ketones is 1. The Morgan fingerprint density at radius 3 is 2.08 bits per heavy atom. The molecule has 0 atom stereocenters. The van der Waals surface area contributed by atoms with Gasteiger partial charge in [-0.3, -0.25) is 4.79 Å². The summed E-state index contributed by atoms with van der Waals surface area (Å²) in [5.74, 6) is -0.0122. The molecule has 4 nitrogen and oxygen atoms in total. The lowest BCUT2D eigenvalue weighted by molar-refractivity contribution is 0.0829. The zero-order valence-corrected chi connectivity index (χ0v) is 13.8. The monoisotopic (exact) mass is 327 g/mol. The van der Waals surface area contributed by atoms with Crippen molar-refractivity contribution in [3.63, 3.8) is 0 Å². The predicted molar refractivity (Wildman–Crippen MR) is 95.7 cm³/mol. The van der Waals surface area contributed by atoms with Crippen LogP contribution in [0.4, 0.5) is 0 Å². The van der Waals surface area contributed by atoms with Crippen molar-refractivity contribution in [2.24, 2.45) is 11.1 Å². The lowest BCUT2D eigenvalue weighted by Gasteiger charge is -2.31. The third-order valence-corrected chi connectivity index (χ3v) is 4.57. The molecule has 2 rings (SSSR count). The zero-order valence-electron chi connectivity index (χ0n) is 13.8. The van der Waals surface area contributed by atoms with Crippen LogP contribution < -0.4 is 5.73 Å². The predicted octanol–water partition coefficient (Wildman–Crippen LogP) is 2.64. The first kappa shape index (κ1) is 18.3. The summed E-state index contributed by atoms with van der Waals surface area (Å²) in [6.45, 7) is 0.156. The van der Waals surface area contributed by atoms with Gasteiger partial charge in [0.2, 0.25) is 0 Å². The molecule has 128 valence electrons.